The van der Waals surface area contributed by atoms with Crippen LogP contribution in [0, 0.1) is 0 Å². The monoisotopic (exact) mass is 247 g/mol. The van der Waals surface area contributed by atoms with Gasteiger partial charge < -0.3 is 9.64 Å². The van der Waals surface area contributed by atoms with E-state index < -0.39 is 0 Å². The van der Waals surface area contributed by atoms with Crippen LogP contribution in [0.4, 0.5) is 0 Å². The summed E-state index contributed by atoms with van der Waals surface area (Å²) in [4.78, 5) is 14.4. The van der Waals surface area contributed by atoms with Gasteiger partial charge in [-0.15, -0.1) is 0 Å². The van der Waals surface area contributed by atoms with Gasteiger partial charge in [-0.3, -0.25) is 4.79 Å². The summed E-state index contributed by atoms with van der Waals surface area (Å²) in [5.74, 6) is 1.03. The van der Waals surface area contributed by atoms with E-state index in [4.69, 9.17) is 4.74 Å². The lowest BCUT2D eigenvalue weighted by Crippen LogP contribution is -2.36. The first-order chi connectivity index (χ1) is 8.76. The molecule has 1 saturated heterocycles. The van der Waals surface area contributed by atoms with Crippen molar-refractivity contribution in [2.75, 3.05) is 13.7 Å². The number of hydrogen-bond donors (Lipinski definition) is 0. The van der Waals surface area contributed by atoms with Crippen LogP contribution in [-0.4, -0.2) is 30.5 Å². The Morgan fingerprint density at radius 1 is 1.44 bits per heavy atom. The highest BCUT2D eigenvalue weighted by Crippen LogP contribution is 2.23. The zero-order chi connectivity index (χ0) is 13.0. The van der Waals surface area contributed by atoms with E-state index in [-0.39, 0.29) is 5.91 Å². The highest BCUT2D eigenvalue weighted by atomic mass is 16.5. The van der Waals surface area contributed by atoms with Crippen molar-refractivity contribution in [3.05, 3.63) is 29.8 Å². The zero-order valence-corrected chi connectivity index (χ0v) is 11.2. The number of hydrogen-bond acceptors (Lipinski definition) is 2. The number of ether oxygens (including phenoxy) is 1. The topological polar surface area (TPSA) is 29.5 Å². The molecule has 1 aromatic rings. The van der Waals surface area contributed by atoms with Crippen molar-refractivity contribution in [2.45, 2.75) is 38.6 Å². The molecular formula is C15H21NO2. The van der Waals surface area contributed by atoms with Gasteiger partial charge in [0.15, 0.2) is 0 Å². The van der Waals surface area contributed by atoms with Crippen LogP contribution < -0.4 is 4.74 Å². The SMILES string of the molecule is CCC1CCCN1C(=O)Cc1ccccc1OC. The molecule has 2 rings (SSSR count). The molecule has 3 nitrogen and oxygen atoms in total. The maximum atomic E-state index is 12.3. The molecule has 0 aromatic heterocycles. The van der Waals surface area contributed by atoms with Crippen molar-refractivity contribution >= 4 is 5.91 Å². The molecule has 0 aliphatic carbocycles. The molecule has 3 heteroatoms. The molecule has 0 spiro atoms. The Kier molecular flexibility index (Phi) is 4.24. The first-order valence-electron chi connectivity index (χ1n) is 6.67. The third-order valence-electron chi connectivity index (χ3n) is 3.70. The van der Waals surface area contributed by atoms with E-state index >= 15 is 0 Å². The van der Waals surface area contributed by atoms with Gasteiger partial charge >= 0.3 is 0 Å². The smallest absolute Gasteiger partial charge is 0.227 e. The number of amides is 1. The summed E-state index contributed by atoms with van der Waals surface area (Å²) in [6.45, 7) is 3.06. The highest BCUT2D eigenvalue weighted by molar-refractivity contribution is 5.80. The number of carbonyl (C=O) groups is 1. The summed E-state index contributed by atoms with van der Waals surface area (Å²) >= 11 is 0. The van der Waals surface area contributed by atoms with Crippen LogP contribution in [0.2, 0.25) is 0 Å². The fourth-order valence-electron chi connectivity index (χ4n) is 2.70. The summed E-state index contributed by atoms with van der Waals surface area (Å²) in [5, 5.41) is 0. The minimum Gasteiger partial charge on any atom is -0.496 e. The second-order valence-electron chi connectivity index (χ2n) is 4.78. The van der Waals surface area contributed by atoms with Gasteiger partial charge in [0, 0.05) is 18.2 Å². The minimum atomic E-state index is 0.226. The standard InChI is InChI=1S/C15H21NO2/c1-3-13-8-6-10-16(13)15(17)11-12-7-4-5-9-14(12)18-2/h4-5,7,9,13H,3,6,8,10-11H2,1-2H3. The Morgan fingerprint density at radius 3 is 2.94 bits per heavy atom. The van der Waals surface area contributed by atoms with Gasteiger partial charge in [-0.2, -0.15) is 0 Å². The van der Waals surface area contributed by atoms with Gasteiger partial charge in [0.1, 0.15) is 5.75 Å². The molecule has 1 amide bonds. The quantitative estimate of drug-likeness (QED) is 0.818. The summed E-state index contributed by atoms with van der Waals surface area (Å²) in [5.41, 5.74) is 0.978. The fourth-order valence-corrected chi connectivity index (χ4v) is 2.70. The lowest BCUT2D eigenvalue weighted by atomic mass is 10.1. The van der Waals surface area contributed by atoms with Crippen molar-refractivity contribution in [3.63, 3.8) is 0 Å². The van der Waals surface area contributed by atoms with Gasteiger partial charge in [0.25, 0.3) is 0 Å². The molecule has 1 aliphatic heterocycles. The van der Waals surface area contributed by atoms with E-state index in [0.29, 0.717) is 12.5 Å². The van der Waals surface area contributed by atoms with Gasteiger partial charge in [0.2, 0.25) is 5.91 Å². The third kappa shape index (κ3) is 2.66. The molecule has 18 heavy (non-hydrogen) atoms. The van der Waals surface area contributed by atoms with Gasteiger partial charge in [-0.05, 0) is 25.3 Å². The molecule has 0 N–H and O–H groups in total. The van der Waals surface area contributed by atoms with Crippen LogP contribution in [0.15, 0.2) is 24.3 Å². The Bertz CT molecular complexity index is 417. The number of benzene rings is 1. The van der Waals surface area contributed by atoms with Crippen molar-refractivity contribution in [3.8, 4) is 5.75 Å². The van der Waals surface area contributed by atoms with Crippen molar-refractivity contribution < 1.29 is 9.53 Å². The van der Waals surface area contributed by atoms with E-state index in [2.05, 4.69) is 6.92 Å². The predicted molar refractivity (Wildman–Crippen MR) is 71.7 cm³/mol. The molecular weight excluding hydrogens is 226 g/mol. The Hall–Kier alpha value is -1.51. The minimum absolute atomic E-state index is 0.226. The van der Waals surface area contributed by atoms with Crippen molar-refractivity contribution in [2.24, 2.45) is 0 Å². The molecule has 1 heterocycles. The molecule has 0 bridgehead atoms. The normalized spacial score (nSPS) is 19.0. The number of rotatable bonds is 4. The van der Waals surface area contributed by atoms with Gasteiger partial charge in [-0.1, -0.05) is 25.1 Å². The average Bonchev–Trinajstić information content (AvgIpc) is 2.87. The van der Waals surface area contributed by atoms with Crippen LogP contribution in [-0.2, 0) is 11.2 Å². The molecule has 1 atom stereocenters. The van der Waals surface area contributed by atoms with Crippen LogP contribution >= 0.6 is 0 Å². The number of likely N-dealkylation sites (tertiary alicyclic amines) is 1. The van der Waals surface area contributed by atoms with Crippen molar-refractivity contribution in [1.82, 2.24) is 4.90 Å². The Labute approximate surface area is 109 Å². The summed E-state index contributed by atoms with van der Waals surface area (Å²) in [6, 6.07) is 8.19. The number of para-hydroxylation sites is 1. The molecule has 0 radical (unpaired) electrons. The van der Waals surface area contributed by atoms with Gasteiger partial charge in [0.05, 0.1) is 13.5 Å². The second-order valence-corrected chi connectivity index (χ2v) is 4.78. The third-order valence-corrected chi connectivity index (χ3v) is 3.70. The molecule has 1 fully saturated rings. The largest absolute Gasteiger partial charge is 0.496 e. The van der Waals surface area contributed by atoms with E-state index in [1.807, 2.05) is 29.2 Å². The maximum Gasteiger partial charge on any atom is 0.227 e. The van der Waals surface area contributed by atoms with Gasteiger partial charge in [-0.25, -0.2) is 0 Å². The number of methoxy groups -OCH3 is 1. The van der Waals surface area contributed by atoms with E-state index in [1.165, 1.54) is 0 Å². The molecule has 1 aromatic carbocycles. The predicted octanol–water partition coefficient (Wildman–Crippen LogP) is 2.64. The average molecular weight is 247 g/mol. The number of carbonyl (C=O) groups excluding carboxylic acids is 1. The Balaban J connectivity index is 2.07. The van der Waals surface area contributed by atoms with E-state index in [1.54, 1.807) is 7.11 Å². The second kappa shape index (κ2) is 5.89. The maximum absolute atomic E-state index is 12.3. The van der Waals surface area contributed by atoms with E-state index in [9.17, 15) is 4.79 Å². The van der Waals surface area contributed by atoms with Crippen LogP contribution in [0.25, 0.3) is 0 Å². The zero-order valence-electron chi connectivity index (χ0n) is 11.2. The molecule has 1 unspecified atom stereocenters. The summed E-state index contributed by atoms with van der Waals surface area (Å²) in [7, 11) is 1.65. The van der Waals surface area contributed by atoms with Crippen LogP contribution in [0.1, 0.15) is 31.7 Å². The van der Waals surface area contributed by atoms with Crippen molar-refractivity contribution in [1.29, 1.82) is 0 Å². The Morgan fingerprint density at radius 2 is 2.22 bits per heavy atom. The van der Waals surface area contributed by atoms with Crippen LogP contribution in [0.5, 0.6) is 5.75 Å². The highest BCUT2D eigenvalue weighted by Gasteiger charge is 2.27. The van der Waals surface area contributed by atoms with Crippen LogP contribution in [0.3, 0.4) is 0 Å². The number of nitrogens with zero attached hydrogens (tertiary/aromatic N) is 1. The lowest BCUT2D eigenvalue weighted by molar-refractivity contribution is -0.131. The summed E-state index contributed by atoms with van der Waals surface area (Å²) in [6.07, 6.45) is 3.78. The first-order valence-corrected chi connectivity index (χ1v) is 6.67. The molecule has 0 saturated carbocycles. The summed E-state index contributed by atoms with van der Waals surface area (Å²) < 4.78 is 5.29. The molecule has 98 valence electrons. The fraction of sp³-hybridized carbons (Fsp3) is 0.533. The van der Waals surface area contributed by atoms with E-state index in [0.717, 1.165) is 37.1 Å². The molecule has 1 aliphatic rings. The lowest BCUT2D eigenvalue weighted by Gasteiger charge is -2.24. The first kappa shape index (κ1) is 12.9.